The van der Waals surface area contributed by atoms with Crippen LogP contribution >= 0.6 is 27.7 Å². The first kappa shape index (κ1) is 13.1. The molecule has 0 aliphatic heterocycles. The van der Waals surface area contributed by atoms with Gasteiger partial charge >= 0.3 is 0 Å². The molecular formula is C13H10BrN3S. The summed E-state index contributed by atoms with van der Waals surface area (Å²) in [7, 11) is 0. The first-order chi connectivity index (χ1) is 8.60. The lowest BCUT2D eigenvalue weighted by Gasteiger charge is -2.05. The van der Waals surface area contributed by atoms with E-state index >= 15 is 0 Å². The van der Waals surface area contributed by atoms with Gasteiger partial charge in [-0.25, -0.2) is 9.97 Å². The number of benzene rings is 1. The lowest BCUT2D eigenvalue weighted by Crippen LogP contribution is -1.93. The molecule has 0 N–H and O–H groups in total. The number of halogens is 1. The number of nitriles is 1. The minimum Gasteiger partial charge on any atom is -0.228 e. The highest BCUT2D eigenvalue weighted by atomic mass is 79.9. The Morgan fingerprint density at radius 3 is 2.50 bits per heavy atom. The first-order valence-electron chi connectivity index (χ1n) is 5.29. The fourth-order valence-electron chi connectivity index (χ4n) is 1.54. The standard InChI is InChI=1S/C13H10BrN3S/c1-8-6-9(2)17-13(16-8)18-12-5-3-4-11(14)10(12)7-15/h3-6H,1-2H3. The molecule has 1 aromatic carbocycles. The van der Waals surface area contributed by atoms with E-state index in [0.29, 0.717) is 10.7 Å². The Labute approximate surface area is 118 Å². The van der Waals surface area contributed by atoms with Gasteiger partial charge in [0.1, 0.15) is 6.07 Å². The zero-order valence-electron chi connectivity index (χ0n) is 9.94. The summed E-state index contributed by atoms with van der Waals surface area (Å²) in [5.74, 6) is 0. The van der Waals surface area contributed by atoms with Crippen LogP contribution in [0.5, 0.6) is 0 Å². The summed E-state index contributed by atoms with van der Waals surface area (Å²) in [4.78, 5) is 9.58. The average molecular weight is 320 g/mol. The van der Waals surface area contributed by atoms with Crippen LogP contribution < -0.4 is 0 Å². The van der Waals surface area contributed by atoms with Gasteiger partial charge in [-0.1, -0.05) is 6.07 Å². The van der Waals surface area contributed by atoms with Gasteiger partial charge in [-0.05, 0) is 59.7 Å². The van der Waals surface area contributed by atoms with Gasteiger partial charge in [-0.3, -0.25) is 0 Å². The molecule has 0 amide bonds. The Balaban J connectivity index is 2.40. The second-order valence-corrected chi connectivity index (χ2v) is 5.62. The van der Waals surface area contributed by atoms with E-state index in [1.54, 1.807) is 0 Å². The molecule has 0 radical (unpaired) electrons. The van der Waals surface area contributed by atoms with E-state index in [9.17, 15) is 0 Å². The van der Waals surface area contributed by atoms with Crippen molar-refractivity contribution in [2.75, 3.05) is 0 Å². The summed E-state index contributed by atoms with van der Waals surface area (Å²) in [6.07, 6.45) is 0. The second kappa shape index (κ2) is 5.51. The van der Waals surface area contributed by atoms with Gasteiger partial charge in [0.25, 0.3) is 0 Å². The molecule has 0 saturated heterocycles. The van der Waals surface area contributed by atoms with Crippen LogP contribution in [0.4, 0.5) is 0 Å². The van der Waals surface area contributed by atoms with Crippen molar-refractivity contribution in [2.24, 2.45) is 0 Å². The third-order valence-electron chi connectivity index (χ3n) is 2.25. The molecule has 18 heavy (non-hydrogen) atoms. The van der Waals surface area contributed by atoms with Crippen molar-refractivity contribution in [1.82, 2.24) is 9.97 Å². The topological polar surface area (TPSA) is 49.6 Å². The first-order valence-corrected chi connectivity index (χ1v) is 6.90. The fraction of sp³-hybridized carbons (Fsp3) is 0.154. The van der Waals surface area contributed by atoms with Crippen LogP contribution in [0.3, 0.4) is 0 Å². The number of aryl methyl sites for hydroxylation is 2. The number of nitrogens with zero attached hydrogens (tertiary/aromatic N) is 3. The summed E-state index contributed by atoms with van der Waals surface area (Å²) in [5, 5.41) is 9.82. The second-order valence-electron chi connectivity index (χ2n) is 3.76. The highest BCUT2D eigenvalue weighted by Crippen LogP contribution is 2.31. The normalized spacial score (nSPS) is 10.1. The molecule has 1 heterocycles. The molecule has 0 unspecified atom stereocenters. The fourth-order valence-corrected chi connectivity index (χ4v) is 3.10. The molecule has 2 rings (SSSR count). The SMILES string of the molecule is Cc1cc(C)nc(Sc2cccc(Br)c2C#N)n1. The molecule has 0 atom stereocenters. The number of aromatic nitrogens is 2. The van der Waals surface area contributed by atoms with E-state index in [1.807, 2.05) is 38.1 Å². The van der Waals surface area contributed by atoms with Crippen molar-refractivity contribution in [2.45, 2.75) is 23.9 Å². The molecule has 0 aliphatic rings. The quantitative estimate of drug-likeness (QED) is 0.788. The number of hydrogen-bond donors (Lipinski definition) is 0. The monoisotopic (exact) mass is 319 g/mol. The van der Waals surface area contributed by atoms with Crippen LogP contribution in [-0.4, -0.2) is 9.97 Å². The molecule has 1 aromatic heterocycles. The zero-order chi connectivity index (χ0) is 13.1. The van der Waals surface area contributed by atoms with Crippen LogP contribution in [0.1, 0.15) is 17.0 Å². The van der Waals surface area contributed by atoms with E-state index in [1.165, 1.54) is 11.8 Å². The van der Waals surface area contributed by atoms with Crippen LogP contribution in [-0.2, 0) is 0 Å². The van der Waals surface area contributed by atoms with Crippen molar-refractivity contribution in [3.05, 3.63) is 45.7 Å². The highest BCUT2D eigenvalue weighted by molar-refractivity contribution is 9.10. The Hall–Kier alpha value is -1.38. The van der Waals surface area contributed by atoms with Crippen LogP contribution in [0.2, 0.25) is 0 Å². The molecule has 0 saturated carbocycles. The maximum atomic E-state index is 9.15. The van der Waals surface area contributed by atoms with Crippen LogP contribution in [0, 0.1) is 25.2 Å². The third kappa shape index (κ3) is 2.89. The minimum atomic E-state index is 0.616. The summed E-state index contributed by atoms with van der Waals surface area (Å²) in [6, 6.07) is 9.77. The van der Waals surface area contributed by atoms with Gasteiger partial charge in [0, 0.05) is 20.8 Å². The maximum Gasteiger partial charge on any atom is 0.192 e. The van der Waals surface area contributed by atoms with Crippen molar-refractivity contribution >= 4 is 27.7 Å². The molecular weight excluding hydrogens is 310 g/mol. The van der Waals surface area contributed by atoms with Crippen molar-refractivity contribution in [3.8, 4) is 6.07 Å². The largest absolute Gasteiger partial charge is 0.228 e. The van der Waals surface area contributed by atoms with E-state index in [2.05, 4.69) is 32.0 Å². The van der Waals surface area contributed by atoms with Crippen LogP contribution in [0.25, 0.3) is 0 Å². The Morgan fingerprint density at radius 2 is 1.89 bits per heavy atom. The molecule has 90 valence electrons. The Kier molecular flexibility index (Phi) is 4.00. The van der Waals surface area contributed by atoms with Gasteiger partial charge in [0.2, 0.25) is 0 Å². The van der Waals surface area contributed by atoms with Crippen molar-refractivity contribution in [1.29, 1.82) is 5.26 Å². The van der Waals surface area contributed by atoms with E-state index < -0.39 is 0 Å². The van der Waals surface area contributed by atoms with Gasteiger partial charge in [-0.2, -0.15) is 5.26 Å². The van der Waals surface area contributed by atoms with Crippen molar-refractivity contribution in [3.63, 3.8) is 0 Å². The Morgan fingerprint density at radius 1 is 1.22 bits per heavy atom. The summed E-state index contributed by atoms with van der Waals surface area (Å²) < 4.78 is 0.791. The van der Waals surface area contributed by atoms with E-state index in [0.717, 1.165) is 20.8 Å². The molecule has 0 bridgehead atoms. The summed E-state index contributed by atoms with van der Waals surface area (Å²) in [6.45, 7) is 3.87. The minimum absolute atomic E-state index is 0.616. The maximum absolute atomic E-state index is 9.15. The average Bonchev–Trinajstić information content (AvgIpc) is 2.27. The van der Waals surface area contributed by atoms with Crippen LogP contribution in [0.15, 0.2) is 38.8 Å². The molecule has 2 aromatic rings. The molecule has 0 aliphatic carbocycles. The van der Waals surface area contributed by atoms with Gasteiger partial charge < -0.3 is 0 Å². The summed E-state index contributed by atoms with van der Waals surface area (Å²) in [5.41, 5.74) is 2.47. The molecule has 5 heteroatoms. The van der Waals surface area contributed by atoms with Crippen molar-refractivity contribution < 1.29 is 0 Å². The Bertz CT molecular complexity index is 614. The lowest BCUT2D eigenvalue weighted by molar-refractivity contribution is 0.902. The van der Waals surface area contributed by atoms with Gasteiger partial charge in [0.15, 0.2) is 5.16 Å². The lowest BCUT2D eigenvalue weighted by atomic mass is 10.2. The number of hydrogen-bond acceptors (Lipinski definition) is 4. The summed E-state index contributed by atoms with van der Waals surface area (Å²) >= 11 is 4.78. The predicted octanol–water partition coefficient (Wildman–Crippen LogP) is 3.88. The predicted molar refractivity (Wildman–Crippen MR) is 74.5 cm³/mol. The highest BCUT2D eigenvalue weighted by Gasteiger charge is 2.09. The number of rotatable bonds is 2. The van der Waals surface area contributed by atoms with E-state index in [4.69, 9.17) is 5.26 Å². The van der Waals surface area contributed by atoms with Gasteiger partial charge in [0.05, 0.1) is 5.56 Å². The van der Waals surface area contributed by atoms with E-state index in [-0.39, 0.29) is 0 Å². The van der Waals surface area contributed by atoms with Gasteiger partial charge in [-0.15, -0.1) is 0 Å². The molecule has 0 fully saturated rings. The zero-order valence-corrected chi connectivity index (χ0v) is 12.3. The smallest absolute Gasteiger partial charge is 0.192 e. The molecule has 0 spiro atoms. The molecule has 3 nitrogen and oxygen atoms in total. The third-order valence-corrected chi connectivity index (χ3v) is 3.84.